The van der Waals surface area contributed by atoms with E-state index in [1.54, 1.807) is 0 Å². The maximum atomic E-state index is 13.5. The molecule has 0 radical (unpaired) electrons. The van der Waals surface area contributed by atoms with Crippen LogP contribution in [0.4, 0.5) is 0 Å². The molecular formula is C28H32N2O3. The first-order chi connectivity index (χ1) is 15.9. The Bertz CT molecular complexity index is 1150. The van der Waals surface area contributed by atoms with Gasteiger partial charge in [-0.2, -0.15) is 0 Å². The molecule has 0 spiro atoms. The zero-order valence-corrected chi connectivity index (χ0v) is 19.8. The Kier molecular flexibility index (Phi) is 6.77. The van der Waals surface area contributed by atoms with Crippen LogP contribution in [0.15, 0.2) is 54.6 Å². The van der Waals surface area contributed by atoms with Crippen molar-refractivity contribution in [2.45, 2.75) is 46.5 Å². The van der Waals surface area contributed by atoms with Crippen molar-refractivity contribution in [1.82, 2.24) is 9.88 Å². The van der Waals surface area contributed by atoms with Gasteiger partial charge in [0.05, 0.1) is 23.1 Å². The van der Waals surface area contributed by atoms with Gasteiger partial charge in [0, 0.05) is 24.2 Å². The molecule has 0 atom stereocenters. The molecule has 0 unspecified atom stereocenters. The molecule has 1 amide bonds. The first kappa shape index (κ1) is 23.0. The van der Waals surface area contributed by atoms with Gasteiger partial charge in [-0.25, -0.2) is 0 Å². The number of aromatic nitrogens is 1. The molecule has 1 aliphatic heterocycles. The Balaban J connectivity index is 1.54. The average molecular weight is 445 g/mol. The van der Waals surface area contributed by atoms with E-state index in [9.17, 15) is 9.59 Å². The molecule has 3 aromatic rings. The number of esters is 1. The van der Waals surface area contributed by atoms with Gasteiger partial charge in [-0.05, 0) is 63.6 Å². The number of ether oxygens (including phenoxy) is 1. The van der Waals surface area contributed by atoms with Gasteiger partial charge in [0.2, 0.25) is 0 Å². The molecule has 5 nitrogen and oxygen atoms in total. The summed E-state index contributed by atoms with van der Waals surface area (Å²) in [4.78, 5) is 33.1. The molecule has 0 bridgehead atoms. The van der Waals surface area contributed by atoms with Crippen LogP contribution in [0.1, 0.15) is 53.4 Å². The first-order valence-corrected chi connectivity index (χ1v) is 11.8. The van der Waals surface area contributed by atoms with Crippen molar-refractivity contribution >= 4 is 22.8 Å². The average Bonchev–Trinajstić information content (AvgIpc) is 2.83. The fraction of sp³-hybridized carbons (Fsp3) is 0.393. The lowest BCUT2D eigenvalue weighted by molar-refractivity contribution is -0.158. The number of para-hydroxylation sites is 1. The number of amides is 1. The Morgan fingerprint density at radius 2 is 1.76 bits per heavy atom. The third-order valence-corrected chi connectivity index (χ3v) is 6.85. The van der Waals surface area contributed by atoms with Crippen molar-refractivity contribution < 1.29 is 14.3 Å². The number of rotatable bonds is 6. The number of likely N-dealkylation sites (tertiary alicyclic amines) is 1. The first-order valence-electron chi connectivity index (χ1n) is 11.8. The highest BCUT2D eigenvalue weighted by Gasteiger charge is 2.43. The minimum Gasteiger partial charge on any atom is -0.466 e. The number of benzene rings is 2. The summed E-state index contributed by atoms with van der Waals surface area (Å²) in [6, 6.07) is 18.1. The lowest BCUT2D eigenvalue weighted by Crippen LogP contribution is -2.47. The molecule has 172 valence electrons. The summed E-state index contributed by atoms with van der Waals surface area (Å²) in [7, 11) is 0. The summed E-state index contributed by atoms with van der Waals surface area (Å²) in [5.74, 6) is -0.120. The van der Waals surface area contributed by atoms with Crippen LogP contribution in [-0.4, -0.2) is 41.5 Å². The van der Waals surface area contributed by atoms with Gasteiger partial charge in [0.25, 0.3) is 5.91 Å². The van der Waals surface area contributed by atoms with E-state index in [1.807, 2.05) is 68.1 Å². The predicted molar refractivity (Wildman–Crippen MR) is 130 cm³/mol. The minimum atomic E-state index is -0.546. The molecule has 1 aromatic heterocycles. The summed E-state index contributed by atoms with van der Waals surface area (Å²) < 4.78 is 5.49. The molecule has 1 saturated heterocycles. The monoisotopic (exact) mass is 444 g/mol. The van der Waals surface area contributed by atoms with Gasteiger partial charge < -0.3 is 9.64 Å². The summed E-state index contributed by atoms with van der Waals surface area (Å²) in [6.45, 7) is 7.25. The summed E-state index contributed by atoms with van der Waals surface area (Å²) in [5.41, 5.74) is 4.13. The molecule has 2 aromatic carbocycles. The van der Waals surface area contributed by atoms with Gasteiger partial charge in [-0.3, -0.25) is 14.6 Å². The Morgan fingerprint density at radius 3 is 2.45 bits per heavy atom. The van der Waals surface area contributed by atoms with Gasteiger partial charge >= 0.3 is 5.97 Å². The van der Waals surface area contributed by atoms with Crippen molar-refractivity contribution in [1.29, 1.82) is 0 Å². The molecule has 1 aliphatic rings. The van der Waals surface area contributed by atoms with E-state index in [2.05, 4.69) is 17.1 Å². The van der Waals surface area contributed by atoms with Gasteiger partial charge in [0.15, 0.2) is 0 Å². The third-order valence-electron chi connectivity index (χ3n) is 6.85. The van der Waals surface area contributed by atoms with Crippen LogP contribution in [0, 0.1) is 19.3 Å². The highest BCUT2D eigenvalue weighted by atomic mass is 16.5. The quantitative estimate of drug-likeness (QED) is 0.486. The molecular weight excluding hydrogens is 412 g/mol. The fourth-order valence-electron chi connectivity index (χ4n) is 4.87. The SMILES string of the molecule is CCOC(=O)C1(CCc2ccccc2)CCN(C(=O)c2cc(C)nc3c(C)cccc23)CC1. The largest absolute Gasteiger partial charge is 0.466 e. The number of hydrogen-bond donors (Lipinski definition) is 0. The second kappa shape index (κ2) is 9.74. The fourth-order valence-corrected chi connectivity index (χ4v) is 4.87. The van der Waals surface area contributed by atoms with E-state index in [1.165, 1.54) is 5.56 Å². The van der Waals surface area contributed by atoms with Crippen molar-refractivity contribution in [3.8, 4) is 0 Å². The summed E-state index contributed by atoms with van der Waals surface area (Å²) in [6.07, 6.45) is 2.78. The van der Waals surface area contributed by atoms with E-state index in [0.717, 1.165) is 35.0 Å². The highest BCUT2D eigenvalue weighted by molar-refractivity contribution is 6.06. The Hall–Kier alpha value is -3.21. The van der Waals surface area contributed by atoms with Crippen molar-refractivity contribution in [3.63, 3.8) is 0 Å². The van der Waals surface area contributed by atoms with Crippen LogP contribution < -0.4 is 0 Å². The van der Waals surface area contributed by atoms with Crippen LogP contribution in [-0.2, 0) is 16.0 Å². The maximum Gasteiger partial charge on any atom is 0.312 e. The summed E-state index contributed by atoms with van der Waals surface area (Å²) in [5, 5.41) is 0.886. The van der Waals surface area contributed by atoms with E-state index >= 15 is 0 Å². The standard InChI is InChI=1S/C28H32N2O3/c1-4-33-27(32)28(14-13-22-10-6-5-7-11-22)15-17-30(18-16-28)26(31)24-19-21(3)29-25-20(2)9-8-12-23(24)25/h5-12,19H,4,13-18H2,1-3H3. The van der Waals surface area contributed by atoms with Crippen LogP contribution in [0.5, 0.6) is 0 Å². The number of carbonyl (C=O) groups is 2. The number of aryl methyl sites for hydroxylation is 3. The number of hydrogen-bond acceptors (Lipinski definition) is 4. The second-order valence-electron chi connectivity index (χ2n) is 9.06. The molecule has 1 fully saturated rings. The van der Waals surface area contributed by atoms with Crippen LogP contribution in [0.3, 0.4) is 0 Å². The molecule has 4 rings (SSSR count). The van der Waals surface area contributed by atoms with Gasteiger partial charge in [0.1, 0.15) is 0 Å². The molecule has 0 aliphatic carbocycles. The summed E-state index contributed by atoms with van der Waals surface area (Å²) >= 11 is 0. The van der Waals surface area contributed by atoms with E-state index in [-0.39, 0.29) is 11.9 Å². The topological polar surface area (TPSA) is 59.5 Å². The number of nitrogens with zero attached hydrogens (tertiary/aromatic N) is 2. The van der Waals surface area contributed by atoms with E-state index < -0.39 is 5.41 Å². The minimum absolute atomic E-state index is 0.0108. The van der Waals surface area contributed by atoms with Crippen LogP contribution in [0.2, 0.25) is 0 Å². The normalized spacial score (nSPS) is 15.4. The van der Waals surface area contributed by atoms with Crippen molar-refractivity contribution in [3.05, 3.63) is 77.0 Å². The van der Waals surface area contributed by atoms with Gasteiger partial charge in [-0.1, -0.05) is 48.5 Å². The molecule has 33 heavy (non-hydrogen) atoms. The van der Waals surface area contributed by atoms with Crippen molar-refractivity contribution in [2.75, 3.05) is 19.7 Å². The molecule has 5 heteroatoms. The van der Waals surface area contributed by atoms with E-state index in [0.29, 0.717) is 38.1 Å². The van der Waals surface area contributed by atoms with Gasteiger partial charge in [-0.15, -0.1) is 0 Å². The van der Waals surface area contributed by atoms with E-state index in [4.69, 9.17) is 4.74 Å². The van der Waals surface area contributed by atoms with Crippen LogP contribution >= 0.6 is 0 Å². The number of piperidine rings is 1. The predicted octanol–water partition coefficient (Wildman–Crippen LogP) is 5.27. The lowest BCUT2D eigenvalue weighted by Gasteiger charge is -2.40. The van der Waals surface area contributed by atoms with Crippen molar-refractivity contribution in [2.24, 2.45) is 5.41 Å². The Labute approximate surface area is 195 Å². The molecule has 0 N–H and O–H groups in total. The highest BCUT2D eigenvalue weighted by Crippen LogP contribution is 2.38. The molecule has 0 saturated carbocycles. The van der Waals surface area contributed by atoms with Crippen LogP contribution in [0.25, 0.3) is 10.9 Å². The zero-order valence-electron chi connectivity index (χ0n) is 19.8. The number of fused-ring (bicyclic) bond motifs is 1. The number of pyridine rings is 1. The third kappa shape index (κ3) is 4.77. The number of carbonyl (C=O) groups excluding carboxylic acids is 2. The second-order valence-corrected chi connectivity index (χ2v) is 9.06. The Morgan fingerprint density at radius 1 is 1.03 bits per heavy atom. The smallest absolute Gasteiger partial charge is 0.312 e. The zero-order chi connectivity index (χ0) is 23.4. The lowest BCUT2D eigenvalue weighted by atomic mass is 9.74. The molecule has 2 heterocycles. The maximum absolute atomic E-state index is 13.5.